The van der Waals surface area contributed by atoms with Gasteiger partial charge in [-0.3, -0.25) is 0 Å². The molecule has 1 heteroatoms. The van der Waals surface area contributed by atoms with Gasteiger partial charge < -0.3 is 0 Å². The summed E-state index contributed by atoms with van der Waals surface area (Å²) in [6, 6.07) is 10.7. The lowest BCUT2D eigenvalue weighted by Crippen LogP contribution is -1.83. The topological polar surface area (TPSA) is 0 Å². The molecule has 0 nitrogen and oxygen atoms in total. The molecular formula is C11H19Al. The fourth-order valence-corrected chi connectivity index (χ4v) is 1.22. The minimum atomic E-state index is 0. The van der Waals surface area contributed by atoms with E-state index in [4.69, 9.17) is 0 Å². The van der Waals surface area contributed by atoms with Crippen LogP contribution in [0.3, 0.4) is 0 Å². The van der Waals surface area contributed by atoms with Gasteiger partial charge >= 0.3 is 0 Å². The summed E-state index contributed by atoms with van der Waals surface area (Å²) in [5.74, 6) is 0. The Labute approximate surface area is 86.1 Å². The van der Waals surface area contributed by atoms with Crippen LogP contribution in [-0.2, 0) is 6.42 Å². The van der Waals surface area contributed by atoms with Gasteiger partial charge in [-0.15, -0.1) is 0 Å². The smallest absolute Gasteiger partial charge is 0.0654 e. The van der Waals surface area contributed by atoms with Crippen molar-refractivity contribution in [2.24, 2.45) is 0 Å². The summed E-state index contributed by atoms with van der Waals surface area (Å²) in [5, 5.41) is 0. The van der Waals surface area contributed by atoms with E-state index < -0.39 is 0 Å². The molecule has 0 aliphatic carbocycles. The standard InChI is InChI=1S/C11H16.Al.3H/c1-2-3-5-8-11-9-6-4-7-10-11;;;;/h4,6-7,9-10H,2-3,5,8H2,1H3;;;;. The lowest BCUT2D eigenvalue weighted by molar-refractivity contribution is 0.717. The molecular weight excluding hydrogens is 159 g/mol. The highest BCUT2D eigenvalue weighted by Gasteiger charge is 1.89. The molecule has 0 aliphatic heterocycles. The molecule has 0 saturated heterocycles. The van der Waals surface area contributed by atoms with Crippen LogP contribution in [0.25, 0.3) is 0 Å². The maximum Gasteiger partial charge on any atom is 0.187 e. The highest BCUT2D eigenvalue weighted by molar-refractivity contribution is 5.75. The molecule has 0 aromatic heterocycles. The van der Waals surface area contributed by atoms with Gasteiger partial charge in [-0.05, 0) is 18.4 Å². The van der Waals surface area contributed by atoms with Gasteiger partial charge in [0.15, 0.2) is 17.4 Å². The van der Waals surface area contributed by atoms with E-state index in [-0.39, 0.29) is 17.4 Å². The van der Waals surface area contributed by atoms with Gasteiger partial charge in [0.2, 0.25) is 0 Å². The molecule has 1 rings (SSSR count). The van der Waals surface area contributed by atoms with Gasteiger partial charge in [-0.1, -0.05) is 50.1 Å². The molecule has 0 amide bonds. The van der Waals surface area contributed by atoms with Gasteiger partial charge in [0.25, 0.3) is 0 Å². The van der Waals surface area contributed by atoms with Crippen LogP contribution in [0, 0.1) is 0 Å². The van der Waals surface area contributed by atoms with Crippen LogP contribution < -0.4 is 0 Å². The molecule has 0 fully saturated rings. The molecule has 0 heterocycles. The normalized spacial score (nSPS) is 9.08. The van der Waals surface area contributed by atoms with E-state index in [1.807, 2.05) is 0 Å². The lowest BCUT2D eigenvalue weighted by Gasteiger charge is -1.98. The quantitative estimate of drug-likeness (QED) is 0.490. The molecule has 0 N–H and O–H groups in total. The second-order valence-corrected chi connectivity index (χ2v) is 2.94. The molecule has 0 saturated carbocycles. The molecule has 12 heavy (non-hydrogen) atoms. The molecule has 0 atom stereocenters. The Balaban J connectivity index is 0.00000121. The summed E-state index contributed by atoms with van der Waals surface area (Å²) >= 11 is 0. The zero-order valence-corrected chi connectivity index (χ0v) is 7.22. The molecule has 0 bridgehead atoms. The first-order valence-corrected chi connectivity index (χ1v) is 4.47. The number of hydrogen-bond donors (Lipinski definition) is 0. The predicted molar refractivity (Wildman–Crippen MR) is 59.6 cm³/mol. The molecule has 0 aliphatic rings. The number of benzene rings is 1. The van der Waals surface area contributed by atoms with Gasteiger partial charge in [-0.25, -0.2) is 0 Å². The molecule has 1 aromatic rings. The van der Waals surface area contributed by atoms with Crippen LogP contribution in [0.2, 0.25) is 0 Å². The van der Waals surface area contributed by atoms with Crippen LogP contribution in [0.5, 0.6) is 0 Å². The third-order valence-corrected chi connectivity index (χ3v) is 1.91. The van der Waals surface area contributed by atoms with E-state index in [0.29, 0.717) is 0 Å². The van der Waals surface area contributed by atoms with Crippen LogP contribution >= 0.6 is 0 Å². The van der Waals surface area contributed by atoms with Crippen molar-refractivity contribution in [1.29, 1.82) is 0 Å². The van der Waals surface area contributed by atoms with Crippen molar-refractivity contribution >= 4 is 17.4 Å². The summed E-state index contributed by atoms with van der Waals surface area (Å²) in [4.78, 5) is 0. The van der Waals surface area contributed by atoms with Crippen molar-refractivity contribution in [1.82, 2.24) is 0 Å². The van der Waals surface area contributed by atoms with Crippen molar-refractivity contribution in [2.75, 3.05) is 0 Å². The molecule has 0 spiro atoms. The largest absolute Gasteiger partial charge is 0.187 e. The third kappa shape index (κ3) is 4.59. The van der Waals surface area contributed by atoms with Crippen molar-refractivity contribution in [3.05, 3.63) is 35.9 Å². The maximum absolute atomic E-state index is 2.24. The Morgan fingerprint density at radius 1 is 1.00 bits per heavy atom. The SMILES string of the molecule is CCCCCc1ccccc1.[AlH3]. The second-order valence-electron chi connectivity index (χ2n) is 2.94. The number of unbranched alkanes of at least 4 members (excludes halogenated alkanes) is 2. The highest BCUT2D eigenvalue weighted by atomic mass is 27.0. The first-order chi connectivity index (χ1) is 5.43. The number of hydrogen-bond acceptors (Lipinski definition) is 0. The number of aryl methyl sites for hydroxylation is 1. The molecule has 0 unspecified atom stereocenters. The zero-order valence-electron chi connectivity index (χ0n) is 7.22. The summed E-state index contributed by atoms with van der Waals surface area (Å²) in [5.41, 5.74) is 1.47. The van der Waals surface area contributed by atoms with E-state index >= 15 is 0 Å². The molecule has 0 radical (unpaired) electrons. The van der Waals surface area contributed by atoms with E-state index in [0.717, 1.165) is 0 Å². The third-order valence-electron chi connectivity index (χ3n) is 1.91. The Hall–Kier alpha value is -0.248. The Morgan fingerprint density at radius 2 is 1.67 bits per heavy atom. The van der Waals surface area contributed by atoms with Crippen molar-refractivity contribution in [3.8, 4) is 0 Å². The Bertz CT molecular complexity index is 181. The van der Waals surface area contributed by atoms with Crippen LogP contribution in [-0.4, -0.2) is 17.4 Å². The Kier molecular flexibility index (Phi) is 7.25. The van der Waals surface area contributed by atoms with Crippen LogP contribution in [0.15, 0.2) is 30.3 Å². The summed E-state index contributed by atoms with van der Waals surface area (Å²) < 4.78 is 0. The number of rotatable bonds is 4. The first kappa shape index (κ1) is 11.8. The minimum absolute atomic E-state index is 0. The van der Waals surface area contributed by atoms with E-state index in [1.54, 1.807) is 0 Å². The van der Waals surface area contributed by atoms with Crippen molar-refractivity contribution in [2.45, 2.75) is 32.6 Å². The lowest BCUT2D eigenvalue weighted by atomic mass is 10.1. The summed E-state index contributed by atoms with van der Waals surface area (Å²) in [7, 11) is 0. The average molecular weight is 178 g/mol. The second kappa shape index (κ2) is 7.40. The summed E-state index contributed by atoms with van der Waals surface area (Å²) in [6.45, 7) is 2.24. The minimum Gasteiger partial charge on any atom is -0.0654 e. The first-order valence-electron chi connectivity index (χ1n) is 4.47. The molecule has 1 aromatic carbocycles. The molecule has 66 valence electrons. The zero-order chi connectivity index (χ0) is 7.94. The van der Waals surface area contributed by atoms with E-state index in [1.165, 1.54) is 31.2 Å². The van der Waals surface area contributed by atoms with Crippen molar-refractivity contribution < 1.29 is 0 Å². The van der Waals surface area contributed by atoms with E-state index in [9.17, 15) is 0 Å². The van der Waals surface area contributed by atoms with Gasteiger partial charge in [0.1, 0.15) is 0 Å². The van der Waals surface area contributed by atoms with Crippen LogP contribution in [0.1, 0.15) is 31.7 Å². The average Bonchev–Trinajstić information content (AvgIpc) is 2.07. The van der Waals surface area contributed by atoms with Gasteiger partial charge in [0.05, 0.1) is 0 Å². The monoisotopic (exact) mass is 178 g/mol. The van der Waals surface area contributed by atoms with Gasteiger partial charge in [-0.2, -0.15) is 0 Å². The fourth-order valence-electron chi connectivity index (χ4n) is 1.22. The highest BCUT2D eigenvalue weighted by Crippen LogP contribution is 2.05. The van der Waals surface area contributed by atoms with Crippen molar-refractivity contribution in [3.63, 3.8) is 0 Å². The predicted octanol–water partition coefficient (Wildman–Crippen LogP) is 2.24. The Morgan fingerprint density at radius 3 is 2.25 bits per heavy atom. The van der Waals surface area contributed by atoms with Gasteiger partial charge in [0, 0.05) is 0 Å². The fraction of sp³-hybridized carbons (Fsp3) is 0.455. The maximum atomic E-state index is 2.24. The summed E-state index contributed by atoms with van der Waals surface area (Å²) in [6.07, 6.45) is 5.25. The van der Waals surface area contributed by atoms with Crippen LogP contribution in [0.4, 0.5) is 0 Å². The van der Waals surface area contributed by atoms with E-state index in [2.05, 4.69) is 37.3 Å².